The fourth-order valence-corrected chi connectivity index (χ4v) is 2.08. The summed E-state index contributed by atoms with van der Waals surface area (Å²) >= 11 is 0. The molecule has 0 aromatic heterocycles. The van der Waals surface area contributed by atoms with Crippen LogP contribution in [0.15, 0.2) is 42.5 Å². The minimum Gasteiger partial charge on any atom is -0.494 e. The van der Waals surface area contributed by atoms with E-state index in [1.807, 2.05) is 31.2 Å². The number of ether oxygens (including phenoxy) is 1. The van der Waals surface area contributed by atoms with Crippen molar-refractivity contribution in [3.63, 3.8) is 0 Å². The van der Waals surface area contributed by atoms with Crippen molar-refractivity contribution < 1.29 is 13.5 Å². The van der Waals surface area contributed by atoms with E-state index in [4.69, 9.17) is 4.74 Å². The van der Waals surface area contributed by atoms with Gasteiger partial charge < -0.3 is 10.1 Å². The van der Waals surface area contributed by atoms with Gasteiger partial charge in [0.25, 0.3) is 0 Å². The Balaban J connectivity index is 2.12. The topological polar surface area (TPSA) is 21.3 Å². The molecule has 21 heavy (non-hydrogen) atoms. The van der Waals surface area contributed by atoms with Crippen LogP contribution in [0.5, 0.6) is 5.75 Å². The minimum atomic E-state index is -0.832. The van der Waals surface area contributed by atoms with E-state index in [1.165, 1.54) is 6.07 Å². The molecule has 1 atom stereocenters. The maximum Gasteiger partial charge on any atom is 0.164 e. The van der Waals surface area contributed by atoms with E-state index in [1.54, 1.807) is 13.0 Å². The van der Waals surface area contributed by atoms with Gasteiger partial charge in [0.1, 0.15) is 5.75 Å². The van der Waals surface area contributed by atoms with E-state index in [0.717, 1.165) is 23.9 Å². The molecule has 0 aliphatic carbocycles. The lowest BCUT2D eigenvalue weighted by Crippen LogP contribution is -2.09. The molecule has 0 saturated carbocycles. The lowest BCUT2D eigenvalue weighted by Gasteiger charge is -2.17. The standard InChI is InChI=1S/C17H19F2NO/c1-3-10-21-14-7-4-6-13(11-14)20-12(2)15-8-5-9-16(18)17(15)19/h4-9,11-12,20H,3,10H2,1-2H3. The fourth-order valence-electron chi connectivity index (χ4n) is 2.08. The first kappa shape index (κ1) is 15.3. The van der Waals surface area contributed by atoms with Crippen LogP contribution in [0.2, 0.25) is 0 Å². The lowest BCUT2D eigenvalue weighted by molar-refractivity contribution is 0.317. The Bertz CT molecular complexity index is 601. The van der Waals surface area contributed by atoms with E-state index in [-0.39, 0.29) is 6.04 Å². The van der Waals surface area contributed by atoms with Crippen molar-refractivity contribution >= 4 is 5.69 Å². The summed E-state index contributed by atoms with van der Waals surface area (Å²) in [5, 5.41) is 3.16. The molecule has 0 spiro atoms. The highest BCUT2D eigenvalue weighted by Crippen LogP contribution is 2.25. The molecule has 0 fully saturated rings. The molecule has 2 aromatic rings. The number of halogens is 2. The highest BCUT2D eigenvalue weighted by Gasteiger charge is 2.14. The predicted molar refractivity (Wildman–Crippen MR) is 80.6 cm³/mol. The van der Waals surface area contributed by atoms with Crippen molar-refractivity contribution in [3.8, 4) is 5.75 Å². The van der Waals surface area contributed by atoms with Crippen LogP contribution in [0, 0.1) is 11.6 Å². The first-order valence-corrected chi connectivity index (χ1v) is 7.05. The van der Waals surface area contributed by atoms with Crippen molar-refractivity contribution in [1.82, 2.24) is 0 Å². The van der Waals surface area contributed by atoms with Crippen molar-refractivity contribution in [2.45, 2.75) is 26.3 Å². The highest BCUT2D eigenvalue weighted by atomic mass is 19.2. The van der Waals surface area contributed by atoms with E-state index in [9.17, 15) is 8.78 Å². The van der Waals surface area contributed by atoms with Gasteiger partial charge in [0.15, 0.2) is 11.6 Å². The van der Waals surface area contributed by atoms with Gasteiger partial charge in [-0.3, -0.25) is 0 Å². The van der Waals surface area contributed by atoms with Crippen LogP contribution in [0.1, 0.15) is 31.9 Å². The van der Waals surface area contributed by atoms with Gasteiger partial charge in [0.05, 0.1) is 12.6 Å². The summed E-state index contributed by atoms with van der Waals surface area (Å²) in [5.74, 6) is -0.883. The van der Waals surface area contributed by atoms with Gasteiger partial charge in [-0.25, -0.2) is 8.78 Å². The smallest absolute Gasteiger partial charge is 0.164 e. The average molecular weight is 291 g/mol. The SMILES string of the molecule is CCCOc1cccc(NC(C)c2cccc(F)c2F)c1. The molecule has 1 unspecified atom stereocenters. The predicted octanol–water partition coefficient (Wildman–Crippen LogP) is 4.93. The molecule has 2 aromatic carbocycles. The van der Waals surface area contributed by atoms with E-state index < -0.39 is 11.6 Å². The second-order valence-corrected chi connectivity index (χ2v) is 4.89. The van der Waals surface area contributed by atoms with Gasteiger partial charge in [-0.05, 0) is 31.5 Å². The third-order valence-electron chi connectivity index (χ3n) is 3.14. The summed E-state index contributed by atoms with van der Waals surface area (Å²) in [6.07, 6.45) is 0.933. The van der Waals surface area contributed by atoms with Crippen LogP contribution in [-0.2, 0) is 0 Å². The van der Waals surface area contributed by atoms with E-state index >= 15 is 0 Å². The summed E-state index contributed by atoms with van der Waals surface area (Å²) < 4.78 is 32.6. The van der Waals surface area contributed by atoms with Crippen LogP contribution < -0.4 is 10.1 Å². The Morgan fingerprint density at radius 1 is 1.14 bits per heavy atom. The van der Waals surface area contributed by atoms with Crippen molar-refractivity contribution in [1.29, 1.82) is 0 Å². The third-order valence-corrected chi connectivity index (χ3v) is 3.14. The van der Waals surface area contributed by atoms with Gasteiger partial charge in [-0.15, -0.1) is 0 Å². The number of nitrogens with one attached hydrogen (secondary N) is 1. The summed E-state index contributed by atoms with van der Waals surface area (Å²) in [7, 11) is 0. The number of hydrogen-bond acceptors (Lipinski definition) is 2. The van der Waals surface area contributed by atoms with E-state index in [2.05, 4.69) is 5.32 Å². The summed E-state index contributed by atoms with van der Waals surface area (Å²) in [5.41, 5.74) is 1.11. The fraction of sp³-hybridized carbons (Fsp3) is 0.294. The van der Waals surface area contributed by atoms with Crippen LogP contribution in [0.3, 0.4) is 0 Å². The Kier molecular flexibility index (Phi) is 5.14. The zero-order valence-corrected chi connectivity index (χ0v) is 12.2. The molecular formula is C17H19F2NO. The van der Waals surface area contributed by atoms with E-state index in [0.29, 0.717) is 12.2 Å². The molecule has 0 aliphatic rings. The quantitative estimate of drug-likeness (QED) is 0.815. The number of anilines is 1. The molecule has 2 rings (SSSR count). The molecule has 4 heteroatoms. The molecule has 0 radical (unpaired) electrons. The molecule has 0 aliphatic heterocycles. The molecule has 1 N–H and O–H groups in total. The van der Waals surface area contributed by atoms with Crippen molar-refractivity contribution in [2.24, 2.45) is 0 Å². The number of benzene rings is 2. The van der Waals surface area contributed by atoms with Gasteiger partial charge in [-0.2, -0.15) is 0 Å². The molecular weight excluding hydrogens is 272 g/mol. The second kappa shape index (κ2) is 7.07. The third kappa shape index (κ3) is 3.94. The van der Waals surface area contributed by atoms with Crippen LogP contribution >= 0.6 is 0 Å². The van der Waals surface area contributed by atoms with Gasteiger partial charge in [0.2, 0.25) is 0 Å². The first-order chi connectivity index (χ1) is 10.1. The highest BCUT2D eigenvalue weighted by molar-refractivity contribution is 5.49. The average Bonchev–Trinajstić information content (AvgIpc) is 2.48. The molecule has 112 valence electrons. The van der Waals surface area contributed by atoms with Crippen LogP contribution in [0.4, 0.5) is 14.5 Å². The van der Waals surface area contributed by atoms with Gasteiger partial charge in [-0.1, -0.05) is 25.1 Å². The summed E-state index contributed by atoms with van der Waals surface area (Å²) in [4.78, 5) is 0. The summed E-state index contributed by atoms with van der Waals surface area (Å²) in [6, 6.07) is 11.3. The Morgan fingerprint density at radius 2 is 1.90 bits per heavy atom. The molecule has 0 amide bonds. The Labute approximate surface area is 123 Å². The zero-order chi connectivity index (χ0) is 15.2. The maximum absolute atomic E-state index is 13.8. The molecule has 0 saturated heterocycles. The monoisotopic (exact) mass is 291 g/mol. The summed E-state index contributed by atoms with van der Waals surface area (Å²) in [6.45, 7) is 4.48. The molecule has 2 nitrogen and oxygen atoms in total. The molecule has 0 heterocycles. The largest absolute Gasteiger partial charge is 0.494 e. The normalized spacial score (nSPS) is 12.0. The second-order valence-electron chi connectivity index (χ2n) is 4.89. The number of hydrogen-bond donors (Lipinski definition) is 1. The Hall–Kier alpha value is -2.10. The zero-order valence-electron chi connectivity index (χ0n) is 12.2. The Morgan fingerprint density at radius 3 is 2.67 bits per heavy atom. The number of rotatable bonds is 6. The van der Waals surface area contributed by atoms with Crippen LogP contribution in [0.25, 0.3) is 0 Å². The minimum absolute atomic E-state index is 0.301. The lowest BCUT2D eigenvalue weighted by atomic mass is 10.1. The van der Waals surface area contributed by atoms with Crippen molar-refractivity contribution in [2.75, 3.05) is 11.9 Å². The van der Waals surface area contributed by atoms with Crippen molar-refractivity contribution in [3.05, 3.63) is 59.7 Å². The maximum atomic E-state index is 13.8. The molecule has 0 bridgehead atoms. The first-order valence-electron chi connectivity index (χ1n) is 7.05. The van der Waals surface area contributed by atoms with Crippen LogP contribution in [-0.4, -0.2) is 6.61 Å². The van der Waals surface area contributed by atoms with Gasteiger partial charge >= 0.3 is 0 Å². The van der Waals surface area contributed by atoms with Gasteiger partial charge in [0, 0.05) is 17.3 Å².